The molecule has 1 atom stereocenters. The van der Waals surface area contributed by atoms with Crippen LogP contribution in [0.1, 0.15) is 44.4 Å². The Morgan fingerprint density at radius 2 is 1.65 bits per heavy atom. The van der Waals surface area contributed by atoms with Gasteiger partial charge in [-0.25, -0.2) is 0 Å². The van der Waals surface area contributed by atoms with Gasteiger partial charge in [0.25, 0.3) is 0 Å². The summed E-state index contributed by atoms with van der Waals surface area (Å²) in [5.74, 6) is -1.05. The Bertz CT molecular complexity index is 545. The molecule has 0 saturated heterocycles. The number of benzene rings is 1. The molecule has 0 aliphatic heterocycles. The maximum atomic E-state index is 12.6. The molecular formula is C16H23F3O3Si. The SMILES string of the molecule is CC(C)(C)[Si](C)(C)OC(CC(=O)O)c1ccc(C(F)(F)F)cc1. The van der Waals surface area contributed by atoms with Crippen molar-refractivity contribution in [3.8, 4) is 0 Å². The smallest absolute Gasteiger partial charge is 0.416 e. The van der Waals surface area contributed by atoms with Gasteiger partial charge in [-0.15, -0.1) is 0 Å². The van der Waals surface area contributed by atoms with Gasteiger partial charge in [-0.05, 0) is 35.8 Å². The van der Waals surface area contributed by atoms with E-state index in [1.807, 2.05) is 33.9 Å². The lowest BCUT2D eigenvalue weighted by molar-refractivity contribution is -0.139. The van der Waals surface area contributed by atoms with Crippen LogP contribution in [0.15, 0.2) is 24.3 Å². The van der Waals surface area contributed by atoms with Crippen molar-refractivity contribution in [3.63, 3.8) is 0 Å². The first-order valence-corrected chi connectivity index (χ1v) is 10.2. The van der Waals surface area contributed by atoms with Crippen LogP contribution < -0.4 is 0 Å². The van der Waals surface area contributed by atoms with Gasteiger partial charge in [0.05, 0.1) is 18.1 Å². The summed E-state index contributed by atoms with van der Waals surface area (Å²) < 4.78 is 44.0. The van der Waals surface area contributed by atoms with E-state index in [1.165, 1.54) is 12.1 Å². The summed E-state index contributed by atoms with van der Waals surface area (Å²) >= 11 is 0. The fraction of sp³-hybridized carbons (Fsp3) is 0.562. The number of carboxylic acids is 1. The van der Waals surface area contributed by atoms with Crippen molar-refractivity contribution in [2.45, 2.75) is 57.6 Å². The van der Waals surface area contributed by atoms with Crippen molar-refractivity contribution < 1.29 is 27.5 Å². The summed E-state index contributed by atoms with van der Waals surface area (Å²) in [5.41, 5.74) is -0.312. The lowest BCUT2D eigenvalue weighted by Crippen LogP contribution is -2.42. The summed E-state index contributed by atoms with van der Waals surface area (Å²) in [6.07, 6.45) is -5.45. The number of carbonyl (C=O) groups is 1. The number of rotatable bonds is 5. The maximum absolute atomic E-state index is 12.6. The van der Waals surface area contributed by atoms with Crippen LogP contribution in [-0.4, -0.2) is 19.4 Å². The maximum Gasteiger partial charge on any atom is 0.416 e. The van der Waals surface area contributed by atoms with Crippen molar-refractivity contribution >= 4 is 14.3 Å². The number of hydrogen-bond acceptors (Lipinski definition) is 2. The van der Waals surface area contributed by atoms with E-state index >= 15 is 0 Å². The molecule has 3 nitrogen and oxygen atoms in total. The fourth-order valence-corrected chi connectivity index (χ4v) is 3.09. The van der Waals surface area contributed by atoms with Crippen LogP contribution >= 0.6 is 0 Å². The topological polar surface area (TPSA) is 46.5 Å². The lowest BCUT2D eigenvalue weighted by atomic mass is 10.0. The minimum absolute atomic E-state index is 0.129. The number of carboxylic acid groups (broad SMARTS) is 1. The van der Waals surface area contributed by atoms with Gasteiger partial charge in [-0.1, -0.05) is 32.9 Å². The molecule has 1 unspecified atom stereocenters. The molecule has 0 aromatic heterocycles. The van der Waals surface area contributed by atoms with Gasteiger partial charge in [-0.3, -0.25) is 4.79 Å². The van der Waals surface area contributed by atoms with Crippen molar-refractivity contribution in [1.29, 1.82) is 0 Å². The number of halogens is 3. The minimum atomic E-state index is -4.42. The zero-order valence-corrected chi connectivity index (χ0v) is 15.0. The Balaban J connectivity index is 3.10. The second kappa shape index (κ2) is 6.65. The zero-order chi connectivity index (χ0) is 18.1. The van der Waals surface area contributed by atoms with E-state index < -0.39 is 32.1 Å². The van der Waals surface area contributed by atoms with Crippen molar-refractivity contribution in [2.24, 2.45) is 0 Å². The van der Waals surface area contributed by atoms with E-state index in [-0.39, 0.29) is 11.5 Å². The largest absolute Gasteiger partial charge is 0.481 e. The van der Waals surface area contributed by atoms with E-state index in [1.54, 1.807) is 0 Å². The van der Waals surface area contributed by atoms with Gasteiger partial charge < -0.3 is 9.53 Å². The molecule has 0 fully saturated rings. The van der Waals surface area contributed by atoms with Crippen LogP contribution in [0.4, 0.5) is 13.2 Å². The molecule has 7 heteroatoms. The van der Waals surface area contributed by atoms with Crippen molar-refractivity contribution in [1.82, 2.24) is 0 Å². The Kier molecular flexibility index (Phi) is 5.69. The molecule has 1 aromatic rings. The predicted molar refractivity (Wildman–Crippen MR) is 84.7 cm³/mol. The molecule has 1 rings (SSSR count). The van der Waals surface area contributed by atoms with Gasteiger partial charge in [0, 0.05) is 0 Å². The Morgan fingerprint density at radius 3 is 2.00 bits per heavy atom. The number of hydrogen-bond donors (Lipinski definition) is 1. The first-order chi connectivity index (χ1) is 10.2. The molecule has 0 aliphatic carbocycles. The summed E-state index contributed by atoms with van der Waals surface area (Å²) in [7, 11) is -2.25. The highest BCUT2D eigenvalue weighted by molar-refractivity contribution is 6.74. The van der Waals surface area contributed by atoms with Gasteiger partial charge in [0.15, 0.2) is 8.32 Å². The Morgan fingerprint density at radius 1 is 1.17 bits per heavy atom. The Hall–Kier alpha value is -1.34. The molecule has 0 heterocycles. The van der Waals surface area contributed by atoms with Gasteiger partial charge in [-0.2, -0.15) is 13.2 Å². The molecule has 0 radical (unpaired) electrons. The standard InChI is InChI=1S/C16H23F3O3Si/c1-15(2,3)23(4,5)22-13(10-14(20)21)11-6-8-12(9-7-11)16(17,18)19/h6-9,13H,10H2,1-5H3,(H,20,21). The van der Waals surface area contributed by atoms with Crippen LogP contribution in [0.25, 0.3) is 0 Å². The minimum Gasteiger partial charge on any atom is -0.481 e. The monoisotopic (exact) mass is 348 g/mol. The molecule has 0 saturated carbocycles. The first kappa shape index (κ1) is 19.7. The van der Waals surface area contributed by atoms with E-state index in [9.17, 15) is 18.0 Å². The average Bonchev–Trinajstić information content (AvgIpc) is 2.35. The molecule has 0 aliphatic rings. The molecule has 0 bridgehead atoms. The van der Waals surface area contributed by atoms with Crippen LogP contribution in [0.5, 0.6) is 0 Å². The van der Waals surface area contributed by atoms with E-state index in [4.69, 9.17) is 9.53 Å². The predicted octanol–water partition coefficient (Wildman–Crippen LogP) is 5.24. The molecule has 23 heavy (non-hydrogen) atoms. The normalized spacial score (nSPS) is 14.6. The molecule has 0 amide bonds. The van der Waals surface area contributed by atoms with Crippen LogP contribution in [0.3, 0.4) is 0 Å². The number of aliphatic carboxylic acids is 1. The van der Waals surface area contributed by atoms with E-state index in [2.05, 4.69) is 0 Å². The second-order valence-corrected chi connectivity index (χ2v) is 11.8. The molecule has 130 valence electrons. The summed E-state index contributed by atoms with van der Waals surface area (Å²) in [6, 6.07) is 4.51. The average molecular weight is 348 g/mol. The van der Waals surface area contributed by atoms with Crippen LogP contribution in [0.2, 0.25) is 18.1 Å². The molecule has 0 spiro atoms. The third-order valence-electron chi connectivity index (χ3n) is 4.21. The van der Waals surface area contributed by atoms with Crippen LogP contribution in [0, 0.1) is 0 Å². The third kappa shape index (κ3) is 5.35. The summed E-state index contributed by atoms with van der Waals surface area (Å²) in [5, 5.41) is 8.95. The second-order valence-electron chi connectivity index (χ2n) is 7.08. The zero-order valence-electron chi connectivity index (χ0n) is 14.0. The first-order valence-electron chi connectivity index (χ1n) is 7.31. The quantitative estimate of drug-likeness (QED) is 0.740. The Labute approximate surface area is 135 Å². The highest BCUT2D eigenvalue weighted by atomic mass is 28.4. The molecular weight excluding hydrogens is 325 g/mol. The molecule has 1 aromatic carbocycles. The van der Waals surface area contributed by atoms with E-state index in [0.717, 1.165) is 12.1 Å². The van der Waals surface area contributed by atoms with Gasteiger partial charge >= 0.3 is 12.1 Å². The highest BCUT2D eigenvalue weighted by Gasteiger charge is 2.40. The highest BCUT2D eigenvalue weighted by Crippen LogP contribution is 2.41. The van der Waals surface area contributed by atoms with E-state index in [0.29, 0.717) is 5.56 Å². The summed E-state index contributed by atoms with van der Waals surface area (Å²) in [6.45, 7) is 10.0. The van der Waals surface area contributed by atoms with Crippen molar-refractivity contribution in [3.05, 3.63) is 35.4 Å². The van der Waals surface area contributed by atoms with Gasteiger partial charge in [0.1, 0.15) is 0 Å². The third-order valence-corrected chi connectivity index (χ3v) is 8.70. The molecule has 1 N–H and O–H groups in total. The van der Waals surface area contributed by atoms with Crippen molar-refractivity contribution in [2.75, 3.05) is 0 Å². The summed E-state index contributed by atoms with van der Waals surface area (Å²) in [4.78, 5) is 11.1. The lowest BCUT2D eigenvalue weighted by Gasteiger charge is -2.39. The number of alkyl halides is 3. The van der Waals surface area contributed by atoms with Crippen LogP contribution in [-0.2, 0) is 15.4 Å². The fourth-order valence-electron chi connectivity index (χ4n) is 1.81. The van der Waals surface area contributed by atoms with Gasteiger partial charge in [0.2, 0.25) is 0 Å².